The van der Waals surface area contributed by atoms with Crippen LogP contribution in [0.25, 0.3) is 33.3 Å². The normalized spacial score (nSPS) is 12.3. The minimum absolute atomic E-state index is 0.00752. The first-order valence-electron chi connectivity index (χ1n) is 9.47. The van der Waals surface area contributed by atoms with Crippen LogP contribution < -0.4 is 4.57 Å². The Balaban J connectivity index is 2.07. The lowest BCUT2D eigenvalue weighted by Gasteiger charge is -2.16. The Morgan fingerprint density at radius 2 is 1.59 bits per heavy atom. The molecular weight excluding hydrogens is 332 g/mol. The number of fused-ring (bicyclic) bond motifs is 3. The zero-order valence-electron chi connectivity index (χ0n) is 17.3. The summed E-state index contributed by atoms with van der Waals surface area (Å²) >= 11 is 0. The number of aryl methyl sites for hydroxylation is 4. The Morgan fingerprint density at radius 1 is 0.889 bits per heavy atom. The molecule has 0 saturated heterocycles. The molecule has 27 heavy (non-hydrogen) atoms. The maximum Gasteiger partial charge on any atom is 0.227 e. The van der Waals surface area contributed by atoms with Gasteiger partial charge in [-0.2, -0.15) is 0 Å². The number of hydrogen-bond donors (Lipinski definition) is 0. The van der Waals surface area contributed by atoms with E-state index in [1.54, 1.807) is 0 Å². The van der Waals surface area contributed by atoms with Crippen LogP contribution in [0.1, 0.15) is 43.2 Å². The van der Waals surface area contributed by atoms with Gasteiger partial charge in [0, 0.05) is 33.5 Å². The molecule has 0 aliphatic heterocycles. The van der Waals surface area contributed by atoms with Gasteiger partial charge in [-0.15, -0.1) is 0 Å². The molecule has 3 nitrogen and oxygen atoms in total. The summed E-state index contributed by atoms with van der Waals surface area (Å²) in [5, 5.41) is 2.20. The van der Waals surface area contributed by atoms with Gasteiger partial charge in [-0.25, -0.2) is 9.55 Å². The van der Waals surface area contributed by atoms with Gasteiger partial charge >= 0.3 is 0 Å². The van der Waals surface area contributed by atoms with E-state index in [0.29, 0.717) is 0 Å². The lowest BCUT2D eigenvalue weighted by Crippen LogP contribution is -2.31. The third-order valence-electron chi connectivity index (χ3n) is 5.48. The van der Waals surface area contributed by atoms with Crippen molar-refractivity contribution in [2.45, 2.75) is 47.0 Å². The maximum absolute atomic E-state index is 6.36. The van der Waals surface area contributed by atoms with Crippen LogP contribution in [0.2, 0.25) is 0 Å². The van der Waals surface area contributed by atoms with E-state index >= 15 is 0 Å². The molecule has 138 valence electrons. The number of aromatic nitrogens is 2. The Hall–Kier alpha value is -2.68. The van der Waals surface area contributed by atoms with Gasteiger partial charge in [0.05, 0.1) is 5.56 Å². The summed E-state index contributed by atoms with van der Waals surface area (Å²) in [7, 11) is 2.10. The van der Waals surface area contributed by atoms with E-state index in [2.05, 4.69) is 89.7 Å². The largest absolute Gasteiger partial charge is 0.437 e. The van der Waals surface area contributed by atoms with E-state index in [-0.39, 0.29) is 5.41 Å². The molecule has 0 bridgehead atoms. The number of furan rings is 1. The van der Waals surface area contributed by atoms with Crippen molar-refractivity contribution < 1.29 is 8.98 Å². The highest BCUT2D eigenvalue weighted by Crippen LogP contribution is 2.37. The van der Waals surface area contributed by atoms with Crippen LogP contribution in [-0.4, -0.2) is 4.98 Å². The maximum atomic E-state index is 6.36. The van der Waals surface area contributed by atoms with Gasteiger partial charge in [-0.05, 0) is 44.0 Å². The van der Waals surface area contributed by atoms with E-state index in [0.717, 1.165) is 39.0 Å². The summed E-state index contributed by atoms with van der Waals surface area (Å²) in [4.78, 5) is 4.83. The fourth-order valence-corrected chi connectivity index (χ4v) is 3.69. The molecule has 0 atom stereocenters. The summed E-state index contributed by atoms with van der Waals surface area (Å²) in [6.07, 6.45) is 2.18. The minimum atomic E-state index is -0.00752. The standard InChI is InChI=1S/C24H27N2O/c1-14-8-9-17-18-10-11-20(24(4,5)6)25-23(18)27-22(17)21(14)19-12-15(2)16(3)13-26(19)7/h8-13H,1-7H3/q+1. The highest BCUT2D eigenvalue weighted by molar-refractivity contribution is 6.08. The Bertz CT molecular complexity index is 1190. The van der Waals surface area contributed by atoms with Crippen molar-refractivity contribution >= 4 is 22.1 Å². The smallest absolute Gasteiger partial charge is 0.227 e. The van der Waals surface area contributed by atoms with Gasteiger partial charge in [0.15, 0.2) is 11.8 Å². The quantitative estimate of drug-likeness (QED) is 0.408. The number of benzene rings is 1. The first-order valence-corrected chi connectivity index (χ1v) is 9.47. The summed E-state index contributed by atoms with van der Waals surface area (Å²) in [5.74, 6) is 0. The summed E-state index contributed by atoms with van der Waals surface area (Å²) in [5.41, 5.74) is 8.76. The van der Waals surface area contributed by atoms with E-state index < -0.39 is 0 Å². The highest BCUT2D eigenvalue weighted by Gasteiger charge is 2.23. The number of hydrogen-bond acceptors (Lipinski definition) is 2. The van der Waals surface area contributed by atoms with Gasteiger partial charge < -0.3 is 4.42 Å². The molecular formula is C24H27N2O+. The molecule has 0 saturated carbocycles. The van der Waals surface area contributed by atoms with Crippen LogP contribution >= 0.6 is 0 Å². The van der Waals surface area contributed by atoms with Gasteiger partial charge in [0.25, 0.3) is 0 Å². The molecule has 3 heterocycles. The predicted octanol–water partition coefficient (Wildman–Crippen LogP) is 5.70. The molecule has 0 aliphatic rings. The molecule has 1 aromatic carbocycles. The van der Waals surface area contributed by atoms with Crippen molar-refractivity contribution in [3.8, 4) is 11.3 Å². The number of rotatable bonds is 1. The molecule has 4 aromatic rings. The topological polar surface area (TPSA) is 29.9 Å². The van der Waals surface area contributed by atoms with Crippen LogP contribution in [0.4, 0.5) is 0 Å². The molecule has 0 fully saturated rings. The lowest BCUT2D eigenvalue weighted by atomic mass is 9.91. The lowest BCUT2D eigenvalue weighted by molar-refractivity contribution is -0.660. The van der Waals surface area contributed by atoms with Crippen molar-refractivity contribution in [1.82, 2.24) is 4.98 Å². The zero-order valence-corrected chi connectivity index (χ0v) is 17.3. The molecule has 0 radical (unpaired) electrons. The second-order valence-corrected chi connectivity index (χ2v) is 8.67. The SMILES string of the molecule is Cc1cc(-c2c(C)ccc3c2oc2nc(C(C)(C)C)ccc23)[n+](C)cc1C. The molecule has 0 spiro atoms. The van der Waals surface area contributed by atoms with Crippen LogP contribution in [0.5, 0.6) is 0 Å². The summed E-state index contributed by atoms with van der Waals surface area (Å²) < 4.78 is 8.54. The van der Waals surface area contributed by atoms with Crippen molar-refractivity contribution in [3.63, 3.8) is 0 Å². The van der Waals surface area contributed by atoms with E-state index in [4.69, 9.17) is 9.40 Å². The number of nitrogens with zero attached hydrogens (tertiary/aromatic N) is 2. The fourth-order valence-electron chi connectivity index (χ4n) is 3.69. The molecule has 4 rings (SSSR count). The fraction of sp³-hybridized carbons (Fsp3) is 0.333. The monoisotopic (exact) mass is 359 g/mol. The first kappa shape index (κ1) is 17.7. The predicted molar refractivity (Wildman–Crippen MR) is 111 cm³/mol. The first-order chi connectivity index (χ1) is 12.7. The third kappa shape index (κ3) is 2.82. The van der Waals surface area contributed by atoms with Gasteiger partial charge in [0.2, 0.25) is 11.4 Å². The van der Waals surface area contributed by atoms with Crippen LogP contribution in [0.3, 0.4) is 0 Å². The number of pyridine rings is 2. The highest BCUT2D eigenvalue weighted by atomic mass is 16.3. The van der Waals surface area contributed by atoms with E-state index in [1.807, 2.05) is 0 Å². The van der Waals surface area contributed by atoms with E-state index in [9.17, 15) is 0 Å². The third-order valence-corrected chi connectivity index (χ3v) is 5.48. The molecule has 0 N–H and O–H groups in total. The molecule has 3 heteroatoms. The second kappa shape index (κ2) is 5.91. The average molecular weight is 359 g/mol. The van der Waals surface area contributed by atoms with Gasteiger partial charge in [0.1, 0.15) is 7.05 Å². The molecule has 3 aromatic heterocycles. The van der Waals surface area contributed by atoms with Gasteiger partial charge in [-0.3, -0.25) is 0 Å². The molecule has 0 unspecified atom stereocenters. The van der Waals surface area contributed by atoms with Crippen molar-refractivity contribution in [1.29, 1.82) is 0 Å². The summed E-state index contributed by atoms with van der Waals surface area (Å²) in [6, 6.07) is 10.8. The minimum Gasteiger partial charge on any atom is -0.437 e. The van der Waals surface area contributed by atoms with Crippen molar-refractivity contribution in [3.05, 3.63) is 58.9 Å². The summed E-state index contributed by atoms with van der Waals surface area (Å²) in [6.45, 7) is 13.0. The van der Waals surface area contributed by atoms with E-state index in [1.165, 1.54) is 16.7 Å². The van der Waals surface area contributed by atoms with Gasteiger partial charge in [-0.1, -0.05) is 32.9 Å². The van der Waals surface area contributed by atoms with Crippen LogP contribution in [0.15, 0.2) is 40.9 Å². The van der Waals surface area contributed by atoms with Crippen LogP contribution in [0, 0.1) is 20.8 Å². The Kier molecular flexibility index (Phi) is 3.88. The van der Waals surface area contributed by atoms with Crippen molar-refractivity contribution in [2.75, 3.05) is 0 Å². The Morgan fingerprint density at radius 3 is 2.30 bits per heavy atom. The van der Waals surface area contributed by atoms with Crippen LogP contribution in [-0.2, 0) is 12.5 Å². The molecule has 0 aliphatic carbocycles. The Labute approximate surface area is 160 Å². The molecule has 0 amide bonds. The second-order valence-electron chi connectivity index (χ2n) is 8.67. The average Bonchev–Trinajstić information content (AvgIpc) is 2.95. The van der Waals surface area contributed by atoms with Crippen molar-refractivity contribution in [2.24, 2.45) is 7.05 Å². The zero-order chi connectivity index (χ0) is 19.5.